The van der Waals surface area contributed by atoms with E-state index in [2.05, 4.69) is 0 Å². The fourth-order valence-corrected chi connectivity index (χ4v) is 3.31. The molecular formula is C16H17FO4. The van der Waals surface area contributed by atoms with Gasteiger partial charge in [-0.05, 0) is 39.8 Å². The molecule has 2 atom stereocenters. The zero-order valence-corrected chi connectivity index (χ0v) is 12.4. The first-order valence-electron chi connectivity index (χ1n) is 6.84. The van der Waals surface area contributed by atoms with Gasteiger partial charge in [-0.25, -0.2) is 4.39 Å². The van der Waals surface area contributed by atoms with Crippen LogP contribution in [0.3, 0.4) is 0 Å². The SMILES string of the molecule is CC1(C)C(=O)O[C@@]2(c3ccc(F)cc3)[C@H]1OC(=O)C2(C)C. The Labute approximate surface area is 122 Å². The number of carbonyl (C=O) groups excluding carboxylic acids is 2. The highest BCUT2D eigenvalue weighted by Gasteiger charge is 2.75. The number of esters is 2. The average Bonchev–Trinajstić information content (AvgIpc) is 2.73. The Morgan fingerprint density at radius 3 is 2.14 bits per heavy atom. The van der Waals surface area contributed by atoms with Gasteiger partial charge in [0.15, 0.2) is 11.7 Å². The average molecular weight is 292 g/mol. The predicted molar refractivity (Wildman–Crippen MR) is 71.6 cm³/mol. The summed E-state index contributed by atoms with van der Waals surface area (Å²) >= 11 is 0. The monoisotopic (exact) mass is 292 g/mol. The molecule has 21 heavy (non-hydrogen) atoms. The molecule has 0 radical (unpaired) electrons. The molecule has 3 rings (SSSR count). The fraction of sp³-hybridized carbons (Fsp3) is 0.500. The lowest BCUT2D eigenvalue weighted by atomic mass is 9.66. The first-order valence-corrected chi connectivity index (χ1v) is 6.84. The molecule has 2 fully saturated rings. The molecule has 0 amide bonds. The van der Waals surface area contributed by atoms with Crippen molar-refractivity contribution in [3.63, 3.8) is 0 Å². The van der Waals surface area contributed by atoms with Crippen molar-refractivity contribution in [1.82, 2.24) is 0 Å². The van der Waals surface area contributed by atoms with Gasteiger partial charge in [0.1, 0.15) is 16.6 Å². The molecule has 0 N–H and O–H groups in total. The van der Waals surface area contributed by atoms with Crippen LogP contribution in [0.5, 0.6) is 0 Å². The van der Waals surface area contributed by atoms with Crippen molar-refractivity contribution in [3.8, 4) is 0 Å². The van der Waals surface area contributed by atoms with Gasteiger partial charge < -0.3 is 9.47 Å². The van der Waals surface area contributed by atoms with Crippen molar-refractivity contribution >= 4 is 11.9 Å². The van der Waals surface area contributed by atoms with Gasteiger partial charge in [-0.2, -0.15) is 0 Å². The Morgan fingerprint density at radius 1 is 1.00 bits per heavy atom. The van der Waals surface area contributed by atoms with E-state index in [0.29, 0.717) is 5.56 Å². The summed E-state index contributed by atoms with van der Waals surface area (Å²) in [5.74, 6) is -1.23. The highest BCUT2D eigenvalue weighted by Crippen LogP contribution is 2.61. The molecule has 2 heterocycles. The van der Waals surface area contributed by atoms with E-state index in [-0.39, 0.29) is 0 Å². The second kappa shape index (κ2) is 3.84. The van der Waals surface area contributed by atoms with Crippen LogP contribution in [0.25, 0.3) is 0 Å². The second-order valence-electron chi connectivity index (χ2n) is 6.76. The topological polar surface area (TPSA) is 52.6 Å². The van der Waals surface area contributed by atoms with Crippen molar-refractivity contribution < 1.29 is 23.5 Å². The molecule has 0 aromatic heterocycles. The van der Waals surface area contributed by atoms with E-state index in [4.69, 9.17) is 9.47 Å². The molecule has 0 unspecified atom stereocenters. The summed E-state index contributed by atoms with van der Waals surface area (Å²) in [6.45, 7) is 6.76. The molecule has 2 saturated heterocycles. The van der Waals surface area contributed by atoms with E-state index in [1.165, 1.54) is 12.1 Å². The van der Waals surface area contributed by atoms with E-state index >= 15 is 0 Å². The van der Waals surface area contributed by atoms with Gasteiger partial charge in [0, 0.05) is 5.56 Å². The Bertz CT molecular complexity index is 630. The molecule has 0 saturated carbocycles. The van der Waals surface area contributed by atoms with Gasteiger partial charge in [0.25, 0.3) is 0 Å². The molecule has 0 bridgehead atoms. The molecule has 2 aliphatic rings. The third kappa shape index (κ3) is 1.49. The maximum atomic E-state index is 13.2. The molecule has 0 aliphatic carbocycles. The first kappa shape index (κ1) is 14.0. The van der Waals surface area contributed by atoms with Gasteiger partial charge in [0.2, 0.25) is 0 Å². The number of carbonyl (C=O) groups is 2. The van der Waals surface area contributed by atoms with Crippen LogP contribution >= 0.6 is 0 Å². The van der Waals surface area contributed by atoms with E-state index in [1.54, 1.807) is 39.8 Å². The van der Waals surface area contributed by atoms with E-state index in [9.17, 15) is 14.0 Å². The Balaban J connectivity index is 2.26. The van der Waals surface area contributed by atoms with Crippen LogP contribution in [0.1, 0.15) is 33.3 Å². The number of hydrogen-bond acceptors (Lipinski definition) is 4. The molecule has 1 aromatic rings. The quantitative estimate of drug-likeness (QED) is 0.746. The molecule has 5 heteroatoms. The molecule has 112 valence electrons. The van der Waals surface area contributed by atoms with Crippen LogP contribution in [-0.2, 0) is 24.7 Å². The van der Waals surface area contributed by atoms with Gasteiger partial charge in [0.05, 0.1) is 0 Å². The minimum absolute atomic E-state index is 0.390. The minimum Gasteiger partial charge on any atom is -0.456 e. The Morgan fingerprint density at radius 2 is 1.57 bits per heavy atom. The van der Waals surface area contributed by atoms with Gasteiger partial charge in [-0.1, -0.05) is 12.1 Å². The molecular weight excluding hydrogens is 275 g/mol. The van der Waals surface area contributed by atoms with E-state index < -0.39 is 40.3 Å². The van der Waals surface area contributed by atoms with Gasteiger partial charge >= 0.3 is 11.9 Å². The van der Waals surface area contributed by atoms with Crippen LogP contribution < -0.4 is 0 Å². The summed E-state index contributed by atoms with van der Waals surface area (Å²) in [6, 6.07) is 5.67. The van der Waals surface area contributed by atoms with Crippen molar-refractivity contribution in [2.75, 3.05) is 0 Å². The zero-order valence-electron chi connectivity index (χ0n) is 12.4. The van der Waals surface area contributed by atoms with Gasteiger partial charge in [-0.15, -0.1) is 0 Å². The highest BCUT2D eigenvalue weighted by molar-refractivity contribution is 5.89. The van der Waals surface area contributed by atoms with E-state index in [0.717, 1.165) is 0 Å². The molecule has 0 spiro atoms. The number of hydrogen-bond donors (Lipinski definition) is 0. The summed E-state index contributed by atoms with van der Waals surface area (Å²) in [5.41, 5.74) is -2.64. The number of rotatable bonds is 1. The normalized spacial score (nSPS) is 32.5. The summed E-state index contributed by atoms with van der Waals surface area (Å²) < 4.78 is 24.4. The fourth-order valence-electron chi connectivity index (χ4n) is 3.31. The largest absolute Gasteiger partial charge is 0.456 e. The summed E-state index contributed by atoms with van der Waals surface area (Å²) in [6.07, 6.45) is -0.731. The number of ether oxygens (including phenoxy) is 2. The smallest absolute Gasteiger partial charge is 0.316 e. The lowest BCUT2D eigenvalue weighted by Crippen LogP contribution is -2.47. The molecule has 1 aromatic carbocycles. The number of benzene rings is 1. The summed E-state index contributed by atoms with van der Waals surface area (Å²) in [7, 11) is 0. The minimum atomic E-state index is -1.22. The Hall–Kier alpha value is -1.91. The van der Waals surface area contributed by atoms with Crippen molar-refractivity contribution in [2.24, 2.45) is 10.8 Å². The van der Waals surface area contributed by atoms with Crippen LogP contribution in [0.4, 0.5) is 4.39 Å². The number of halogens is 1. The maximum Gasteiger partial charge on any atom is 0.316 e. The first-order chi connectivity index (χ1) is 9.64. The van der Waals surface area contributed by atoms with Crippen LogP contribution in [0, 0.1) is 16.6 Å². The second-order valence-corrected chi connectivity index (χ2v) is 6.76. The Kier molecular flexibility index (Phi) is 2.57. The van der Waals surface area contributed by atoms with Gasteiger partial charge in [-0.3, -0.25) is 9.59 Å². The van der Waals surface area contributed by atoms with Crippen molar-refractivity contribution in [3.05, 3.63) is 35.6 Å². The zero-order chi connectivity index (χ0) is 15.6. The third-order valence-corrected chi connectivity index (χ3v) is 4.74. The van der Waals surface area contributed by atoms with Crippen LogP contribution in [0.2, 0.25) is 0 Å². The number of fused-ring (bicyclic) bond motifs is 1. The molecule has 4 nitrogen and oxygen atoms in total. The standard InChI is InChI=1S/C16H17FO4/c1-14(2)11-16(21-12(14)18,15(3,4)13(19)20-11)9-5-7-10(17)8-6-9/h5-8,11H,1-4H3/t11-,16-/m0/s1. The third-order valence-electron chi connectivity index (χ3n) is 4.74. The van der Waals surface area contributed by atoms with Crippen molar-refractivity contribution in [2.45, 2.75) is 39.4 Å². The predicted octanol–water partition coefficient (Wildman–Crippen LogP) is 2.56. The maximum absolute atomic E-state index is 13.2. The summed E-state index contributed by atoms with van der Waals surface area (Å²) in [4.78, 5) is 24.5. The van der Waals surface area contributed by atoms with Crippen LogP contribution in [0.15, 0.2) is 24.3 Å². The molecule has 2 aliphatic heterocycles. The lowest BCUT2D eigenvalue weighted by Gasteiger charge is -2.36. The van der Waals surface area contributed by atoms with Crippen LogP contribution in [-0.4, -0.2) is 18.0 Å². The summed E-state index contributed by atoms with van der Waals surface area (Å²) in [5, 5.41) is 0. The van der Waals surface area contributed by atoms with Crippen molar-refractivity contribution in [1.29, 1.82) is 0 Å². The highest BCUT2D eigenvalue weighted by atomic mass is 19.1. The van der Waals surface area contributed by atoms with E-state index in [1.807, 2.05) is 0 Å². The lowest BCUT2D eigenvalue weighted by molar-refractivity contribution is -0.166.